The van der Waals surface area contributed by atoms with Gasteiger partial charge in [-0.2, -0.15) is 0 Å². The van der Waals surface area contributed by atoms with E-state index in [1.54, 1.807) is 5.01 Å². The number of nitrogen functional groups attached to an aromatic ring is 1. The highest BCUT2D eigenvalue weighted by atomic mass is 32.2. The normalized spacial score (nSPS) is 15.3. The van der Waals surface area contributed by atoms with Crippen molar-refractivity contribution < 1.29 is 4.79 Å². The number of amides is 1. The fraction of sp³-hybridized carbons (Fsp3) is 0.0800. The first-order chi connectivity index (χ1) is 16.1. The maximum absolute atomic E-state index is 13.2. The molecule has 0 bridgehead atoms. The molecule has 164 valence electrons. The molecule has 7 nitrogen and oxygen atoms in total. The summed E-state index contributed by atoms with van der Waals surface area (Å²) < 4.78 is 0. The average molecular weight is 456 g/mol. The number of hydrogen-bond donors (Lipinski definition) is 3. The van der Waals surface area contributed by atoms with Crippen LogP contribution in [0.2, 0.25) is 0 Å². The smallest absolute Gasteiger partial charge is 0.253 e. The van der Waals surface area contributed by atoms with Gasteiger partial charge in [0, 0.05) is 6.07 Å². The Morgan fingerprint density at radius 2 is 1.76 bits per heavy atom. The number of carbonyl (C=O) groups is 1. The van der Waals surface area contributed by atoms with Crippen molar-refractivity contribution in [2.24, 2.45) is 0 Å². The van der Waals surface area contributed by atoms with E-state index >= 15 is 0 Å². The molecule has 1 aliphatic rings. The number of nitrogens with two attached hydrogens (primary N) is 1. The van der Waals surface area contributed by atoms with Gasteiger partial charge in [-0.1, -0.05) is 78.5 Å². The standard InChI is InChI=1S/C25H21N5O2S/c26-22-14-23(31)28-25(27-22)33-15-24(32)30-21(17-7-2-1-3-8-17)13-20(29-30)19-11-10-16-6-4-5-9-18(16)12-19/h1-14,21,29H,15H2,(H3,26,27,28,31)/t21-/m1/s1. The fourth-order valence-corrected chi connectivity index (χ4v) is 4.56. The van der Waals surface area contributed by atoms with Gasteiger partial charge >= 0.3 is 0 Å². The molecule has 5 rings (SSSR count). The van der Waals surface area contributed by atoms with Crippen molar-refractivity contribution in [2.45, 2.75) is 11.2 Å². The van der Waals surface area contributed by atoms with E-state index in [9.17, 15) is 9.59 Å². The molecule has 0 aliphatic carbocycles. The number of fused-ring (bicyclic) bond motifs is 1. The third-order valence-electron chi connectivity index (χ3n) is 5.39. The quantitative estimate of drug-likeness (QED) is 0.313. The zero-order valence-electron chi connectivity index (χ0n) is 17.6. The minimum absolute atomic E-state index is 0.0849. The van der Waals surface area contributed by atoms with Gasteiger partial charge in [0.15, 0.2) is 5.16 Å². The Kier molecular flexibility index (Phi) is 5.58. The molecule has 0 fully saturated rings. The van der Waals surface area contributed by atoms with Crippen LogP contribution in [0, 0.1) is 0 Å². The van der Waals surface area contributed by atoms with Gasteiger partial charge in [0.1, 0.15) is 5.82 Å². The monoisotopic (exact) mass is 455 g/mol. The second kappa shape index (κ2) is 8.84. The predicted molar refractivity (Wildman–Crippen MR) is 131 cm³/mol. The Morgan fingerprint density at radius 1 is 1.00 bits per heavy atom. The van der Waals surface area contributed by atoms with Crippen molar-refractivity contribution in [3.63, 3.8) is 0 Å². The van der Waals surface area contributed by atoms with Crippen molar-refractivity contribution in [3.05, 3.63) is 106 Å². The van der Waals surface area contributed by atoms with Crippen molar-refractivity contribution in [1.29, 1.82) is 0 Å². The van der Waals surface area contributed by atoms with Crippen molar-refractivity contribution >= 4 is 40.0 Å². The largest absolute Gasteiger partial charge is 0.383 e. The molecule has 1 amide bonds. The van der Waals surface area contributed by atoms with Gasteiger partial charge in [0.2, 0.25) is 0 Å². The molecule has 1 atom stereocenters. The molecule has 1 aromatic heterocycles. The zero-order chi connectivity index (χ0) is 22.8. The number of aromatic amines is 1. The molecule has 0 saturated heterocycles. The van der Waals surface area contributed by atoms with Gasteiger partial charge in [-0.15, -0.1) is 0 Å². The molecule has 0 radical (unpaired) electrons. The number of hydrogen-bond acceptors (Lipinski definition) is 6. The Labute approximate surface area is 194 Å². The summed E-state index contributed by atoms with van der Waals surface area (Å²) in [6, 6.07) is 25.2. The summed E-state index contributed by atoms with van der Waals surface area (Å²) in [6.07, 6.45) is 2.06. The maximum Gasteiger partial charge on any atom is 0.253 e. The number of hydrazine groups is 1. The highest BCUT2D eigenvalue weighted by molar-refractivity contribution is 7.99. The second-order valence-electron chi connectivity index (χ2n) is 7.64. The summed E-state index contributed by atoms with van der Waals surface area (Å²) in [4.78, 5) is 31.5. The molecule has 0 spiro atoms. The maximum atomic E-state index is 13.2. The number of rotatable bonds is 5. The topological polar surface area (TPSA) is 104 Å². The molecule has 4 aromatic rings. The molecular weight excluding hydrogens is 434 g/mol. The van der Waals surface area contributed by atoms with Gasteiger partial charge in [-0.05, 0) is 34.0 Å². The lowest BCUT2D eigenvalue weighted by Crippen LogP contribution is -2.40. The van der Waals surface area contributed by atoms with E-state index in [1.807, 2.05) is 48.5 Å². The van der Waals surface area contributed by atoms with E-state index < -0.39 is 0 Å². The van der Waals surface area contributed by atoms with Gasteiger partial charge in [-0.3, -0.25) is 15.0 Å². The van der Waals surface area contributed by atoms with Gasteiger partial charge in [0.25, 0.3) is 11.5 Å². The Bertz CT molecular complexity index is 1420. The Morgan fingerprint density at radius 3 is 2.55 bits per heavy atom. The number of carbonyl (C=O) groups excluding carboxylic acids is 1. The number of aromatic nitrogens is 2. The lowest BCUT2D eigenvalue weighted by Gasteiger charge is -2.25. The van der Waals surface area contributed by atoms with Crippen LogP contribution in [0.4, 0.5) is 5.82 Å². The number of anilines is 1. The minimum atomic E-state index is -0.348. The van der Waals surface area contributed by atoms with Gasteiger partial charge < -0.3 is 10.7 Å². The number of benzene rings is 3. The summed E-state index contributed by atoms with van der Waals surface area (Å²) in [5, 5.41) is 4.22. The molecule has 0 saturated carbocycles. The van der Waals surface area contributed by atoms with Crippen LogP contribution in [0.3, 0.4) is 0 Å². The van der Waals surface area contributed by atoms with Crippen LogP contribution in [-0.4, -0.2) is 26.6 Å². The van der Waals surface area contributed by atoms with Crippen LogP contribution in [0.5, 0.6) is 0 Å². The molecule has 0 unspecified atom stereocenters. The first-order valence-electron chi connectivity index (χ1n) is 10.4. The van der Waals surface area contributed by atoms with Crippen LogP contribution >= 0.6 is 11.8 Å². The van der Waals surface area contributed by atoms with Crippen LogP contribution in [-0.2, 0) is 4.79 Å². The molecule has 33 heavy (non-hydrogen) atoms. The summed E-state index contributed by atoms with van der Waals surface area (Å²) >= 11 is 1.14. The van der Waals surface area contributed by atoms with Gasteiger partial charge in [-0.25, -0.2) is 9.99 Å². The van der Waals surface area contributed by atoms with Crippen LogP contribution in [0.15, 0.2) is 94.9 Å². The van der Waals surface area contributed by atoms with E-state index in [2.05, 4.69) is 45.7 Å². The third-order valence-corrected chi connectivity index (χ3v) is 6.24. The van der Waals surface area contributed by atoms with E-state index in [0.717, 1.165) is 39.4 Å². The average Bonchev–Trinajstić information content (AvgIpc) is 3.28. The summed E-state index contributed by atoms with van der Waals surface area (Å²) in [6.45, 7) is 0. The lowest BCUT2D eigenvalue weighted by molar-refractivity contribution is -0.131. The summed E-state index contributed by atoms with van der Waals surface area (Å²) in [5.41, 5.74) is 11.5. The molecular formula is C25H21N5O2S. The number of thioether (sulfide) groups is 1. The first-order valence-corrected chi connectivity index (χ1v) is 11.4. The van der Waals surface area contributed by atoms with Gasteiger partial charge in [0.05, 0.1) is 17.5 Å². The van der Waals surface area contributed by atoms with E-state index in [1.165, 1.54) is 6.07 Å². The van der Waals surface area contributed by atoms with Crippen LogP contribution in [0.1, 0.15) is 17.2 Å². The fourth-order valence-electron chi connectivity index (χ4n) is 3.82. The van der Waals surface area contributed by atoms with E-state index in [0.29, 0.717) is 5.16 Å². The SMILES string of the molecule is Nc1cc(=O)[nH]c(SCC(=O)N2NC(c3ccc4ccccc4c3)=C[C@@H]2c2ccccc2)n1. The zero-order valence-corrected chi connectivity index (χ0v) is 18.4. The Balaban J connectivity index is 1.42. The van der Waals surface area contributed by atoms with Crippen molar-refractivity contribution in [1.82, 2.24) is 20.4 Å². The Hall–Kier alpha value is -4.04. The number of nitrogens with zero attached hydrogens (tertiary/aromatic N) is 2. The van der Waals surface area contributed by atoms with E-state index in [-0.39, 0.29) is 29.1 Å². The minimum Gasteiger partial charge on any atom is -0.383 e. The number of nitrogens with one attached hydrogen (secondary N) is 2. The molecule has 2 heterocycles. The van der Waals surface area contributed by atoms with Crippen LogP contribution in [0.25, 0.3) is 16.5 Å². The molecule has 4 N–H and O–H groups in total. The highest BCUT2D eigenvalue weighted by Gasteiger charge is 2.30. The van der Waals surface area contributed by atoms with E-state index in [4.69, 9.17) is 5.73 Å². The van der Waals surface area contributed by atoms with Crippen molar-refractivity contribution in [2.75, 3.05) is 11.5 Å². The second-order valence-corrected chi connectivity index (χ2v) is 8.60. The van der Waals surface area contributed by atoms with Crippen LogP contribution < -0.4 is 16.7 Å². The highest BCUT2D eigenvalue weighted by Crippen LogP contribution is 2.33. The summed E-state index contributed by atoms with van der Waals surface area (Å²) in [5.74, 6) is 0.0584. The molecule has 1 aliphatic heterocycles. The predicted octanol–water partition coefficient (Wildman–Crippen LogP) is 3.73. The van der Waals surface area contributed by atoms with Crippen molar-refractivity contribution in [3.8, 4) is 0 Å². The first kappa shape index (κ1) is 20.8. The molecule has 3 aromatic carbocycles. The third kappa shape index (κ3) is 4.47. The number of H-pyrrole nitrogens is 1. The molecule has 8 heteroatoms. The lowest BCUT2D eigenvalue weighted by atomic mass is 10.0. The summed E-state index contributed by atoms with van der Waals surface area (Å²) in [7, 11) is 0.